The topological polar surface area (TPSA) is 69.4 Å². The lowest BCUT2D eigenvalue weighted by molar-refractivity contribution is 0.338. The molecule has 1 aromatic rings. The monoisotopic (exact) mass is 243 g/mol. The van der Waals surface area contributed by atoms with Gasteiger partial charge in [0.05, 0.1) is 11.5 Å². The highest BCUT2D eigenvalue weighted by Gasteiger charge is 2.09. The SMILES string of the molecule is Cc1ccccc1OCCS(=O)(=O)CCN. The number of nitrogens with two attached hydrogens (primary N) is 1. The number of rotatable bonds is 6. The minimum absolute atomic E-state index is 0.0124. The van der Waals surface area contributed by atoms with Crippen LogP contribution >= 0.6 is 0 Å². The van der Waals surface area contributed by atoms with E-state index in [-0.39, 0.29) is 24.7 Å². The number of benzene rings is 1. The van der Waals surface area contributed by atoms with Gasteiger partial charge in [0, 0.05) is 6.54 Å². The largest absolute Gasteiger partial charge is 0.492 e. The van der Waals surface area contributed by atoms with Gasteiger partial charge in [0.1, 0.15) is 12.4 Å². The summed E-state index contributed by atoms with van der Waals surface area (Å²) in [5.74, 6) is 0.758. The van der Waals surface area contributed by atoms with Crippen LogP contribution in [0.1, 0.15) is 5.56 Å². The van der Waals surface area contributed by atoms with E-state index in [1.54, 1.807) is 0 Å². The van der Waals surface area contributed by atoms with Gasteiger partial charge in [-0.25, -0.2) is 8.42 Å². The number of hydrogen-bond donors (Lipinski definition) is 1. The van der Waals surface area contributed by atoms with Crippen LogP contribution in [0.15, 0.2) is 24.3 Å². The van der Waals surface area contributed by atoms with E-state index in [1.165, 1.54) is 0 Å². The molecule has 0 radical (unpaired) electrons. The van der Waals surface area contributed by atoms with Gasteiger partial charge in [0.2, 0.25) is 0 Å². The summed E-state index contributed by atoms with van der Waals surface area (Å²) in [5.41, 5.74) is 6.20. The van der Waals surface area contributed by atoms with Crippen molar-refractivity contribution in [2.45, 2.75) is 6.92 Å². The molecule has 0 aliphatic heterocycles. The van der Waals surface area contributed by atoms with Crippen molar-refractivity contribution in [1.29, 1.82) is 0 Å². The summed E-state index contributed by atoms with van der Waals surface area (Å²) >= 11 is 0. The third kappa shape index (κ3) is 4.20. The molecule has 0 unspecified atom stereocenters. The van der Waals surface area contributed by atoms with Crippen molar-refractivity contribution < 1.29 is 13.2 Å². The normalized spacial score (nSPS) is 11.4. The molecule has 0 atom stereocenters. The lowest BCUT2D eigenvalue weighted by Gasteiger charge is -2.08. The van der Waals surface area contributed by atoms with Gasteiger partial charge in [0.15, 0.2) is 9.84 Å². The van der Waals surface area contributed by atoms with Gasteiger partial charge < -0.3 is 10.5 Å². The molecule has 0 saturated heterocycles. The summed E-state index contributed by atoms with van der Waals surface area (Å²) < 4.78 is 28.1. The van der Waals surface area contributed by atoms with Gasteiger partial charge >= 0.3 is 0 Å². The van der Waals surface area contributed by atoms with Crippen LogP contribution < -0.4 is 10.5 Å². The lowest BCUT2D eigenvalue weighted by Crippen LogP contribution is -2.22. The van der Waals surface area contributed by atoms with E-state index in [4.69, 9.17) is 10.5 Å². The third-order valence-electron chi connectivity index (χ3n) is 2.17. The van der Waals surface area contributed by atoms with Gasteiger partial charge in [0.25, 0.3) is 0 Å². The van der Waals surface area contributed by atoms with E-state index in [0.29, 0.717) is 0 Å². The second-order valence-corrected chi connectivity index (χ2v) is 5.86. The Kier molecular flexibility index (Phi) is 4.76. The molecule has 16 heavy (non-hydrogen) atoms. The maximum Gasteiger partial charge on any atom is 0.154 e. The molecule has 1 aromatic carbocycles. The predicted molar refractivity (Wildman–Crippen MR) is 64.4 cm³/mol. The third-order valence-corrected chi connectivity index (χ3v) is 3.82. The number of aryl methyl sites for hydroxylation is 1. The quantitative estimate of drug-likeness (QED) is 0.800. The minimum Gasteiger partial charge on any atom is -0.492 e. The van der Waals surface area contributed by atoms with Gasteiger partial charge in [-0.2, -0.15) is 0 Å². The average molecular weight is 243 g/mol. The van der Waals surface area contributed by atoms with Gasteiger partial charge in [-0.15, -0.1) is 0 Å². The molecule has 0 aromatic heterocycles. The fraction of sp³-hybridized carbons (Fsp3) is 0.455. The molecule has 5 heteroatoms. The molecule has 0 aliphatic carbocycles. The molecule has 0 heterocycles. The summed E-state index contributed by atoms with van der Waals surface area (Å²) in [5, 5.41) is 0. The van der Waals surface area contributed by atoms with E-state index < -0.39 is 9.84 Å². The van der Waals surface area contributed by atoms with E-state index in [1.807, 2.05) is 31.2 Å². The minimum atomic E-state index is -3.06. The smallest absolute Gasteiger partial charge is 0.154 e. The molecule has 2 N–H and O–H groups in total. The maximum absolute atomic E-state index is 11.3. The molecule has 0 fully saturated rings. The molecule has 0 aliphatic rings. The van der Waals surface area contributed by atoms with Crippen LogP contribution in [0, 0.1) is 6.92 Å². The second-order valence-electron chi connectivity index (χ2n) is 3.55. The molecule has 4 nitrogen and oxygen atoms in total. The first-order valence-corrected chi connectivity index (χ1v) is 6.96. The van der Waals surface area contributed by atoms with Crippen LogP contribution in [0.3, 0.4) is 0 Å². The highest BCUT2D eigenvalue weighted by atomic mass is 32.2. The van der Waals surface area contributed by atoms with Crippen molar-refractivity contribution in [3.8, 4) is 5.75 Å². The van der Waals surface area contributed by atoms with Crippen molar-refractivity contribution in [2.24, 2.45) is 5.73 Å². The first kappa shape index (κ1) is 13.0. The van der Waals surface area contributed by atoms with E-state index in [2.05, 4.69) is 0 Å². The predicted octanol–water partition coefficient (Wildman–Crippen LogP) is 0.747. The van der Waals surface area contributed by atoms with E-state index in [0.717, 1.165) is 11.3 Å². The highest BCUT2D eigenvalue weighted by molar-refractivity contribution is 7.91. The molecule has 90 valence electrons. The molecular formula is C11H17NO3S. The molecule has 0 amide bonds. The molecule has 0 saturated carbocycles. The first-order chi connectivity index (χ1) is 7.55. The summed E-state index contributed by atoms with van der Waals surface area (Å²) in [6.45, 7) is 2.25. The number of sulfone groups is 1. The summed E-state index contributed by atoms with van der Waals surface area (Å²) in [6, 6.07) is 7.51. The molecule has 1 rings (SSSR count). The number of ether oxygens (including phenoxy) is 1. The fourth-order valence-corrected chi connectivity index (χ4v) is 2.18. The van der Waals surface area contributed by atoms with E-state index >= 15 is 0 Å². The Morgan fingerprint density at radius 1 is 1.25 bits per heavy atom. The Bertz CT molecular complexity index is 429. The van der Waals surface area contributed by atoms with Crippen LogP contribution in [-0.2, 0) is 9.84 Å². The summed E-state index contributed by atoms with van der Waals surface area (Å²) in [7, 11) is -3.06. The zero-order valence-electron chi connectivity index (χ0n) is 9.35. The molecular weight excluding hydrogens is 226 g/mol. The zero-order valence-corrected chi connectivity index (χ0v) is 10.2. The second kappa shape index (κ2) is 5.86. The van der Waals surface area contributed by atoms with Gasteiger partial charge in [-0.05, 0) is 18.6 Å². The maximum atomic E-state index is 11.3. The summed E-state index contributed by atoms with van der Waals surface area (Å²) in [6.07, 6.45) is 0. The lowest BCUT2D eigenvalue weighted by atomic mass is 10.2. The highest BCUT2D eigenvalue weighted by Crippen LogP contribution is 2.15. The van der Waals surface area contributed by atoms with Crippen molar-refractivity contribution in [1.82, 2.24) is 0 Å². The van der Waals surface area contributed by atoms with Crippen LogP contribution in [0.2, 0.25) is 0 Å². The Labute approximate surface area is 96.3 Å². The molecule has 0 spiro atoms. The van der Waals surface area contributed by atoms with Crippen LogP contribution in [0.25, 0.3) is 0 Å². The van der Waals surface area contributed by atoms with E-state index in [9.17, 15) is 8.42 Å². The Morgan fingerprint density at radius 3 is 2.56 bits per heavy atom. The van der Waals surface area contributed by atoms with Gasteiger partial charge in [-0.1, -0.05) is 18.2 Å². The van der Waals surface area contributed by atoms with Crippen molar-refractivity contribution >= 4 is 9.84 Å². The Balaban J connectivity index is 2.45. The standard InChI is InChI=1S/C11H17NO3S/c1-10-4-2-3-5-11(10)15-7-9-16(13,14)8-6-12/h2-5H,6-9,12H2,1H3. The van der Waals surface area contributed by atoms with Crippen LogP contribution in [-0.4, -0.2) is 33.1 Å². The van der Waals surface area contributed by atoms with Crippen LogP contribution in [0.5, 0.6) is 5.75 Å². The van der Waals surface area contributed by atoms with Crippen molar-refractivity contribution in [3.63, 3.8) is 0 Å². The Morgan fingerprint density at radius 2 is 1.94 bits per heavy atom. The first-order valence-electron chi connectivity index (χ1n) is 5.14. The van der Waals surface area contributed by atoms with Crippen molar-refractivity contribution in [2.75, 3.05) is 24.7 Å². The summed E-state index contributed by atoms with van der Waals surface area (Å²) in [4.78, 5) is 0. The van der Waals surface area contributed by atoms with Gasteiger partial charge in [-0.3, -0.25) is 0 Å². The van der Waals surface area contributed by atoms with Crippen molar-refractivity contribution in [3.05, 3.63) is 29.8 Å². The average Bonchev–Trinajstić information content (AvgIpc) is 2.20. The fourth-order valence-electron chi connectivity index (χ4n) is 1.28. The number of para-hydroxylation sites is 1. The zero-order chi connectivity index (χ0) is 12.0. The Hall–Kier alpha value is -1.07. The van der Waals surface area contributed by atoms with Crippen LogP contribution in [0.4, 0.5) is 0 Å². The molecule has 0 bridgehead atoms. The number of hydrogen-bond acceptors (Lipinski definition) is 4.